The minimum absolute atomic E-state index is 0.000213. The lowest BCUT2D eigenvalue weighted by atomic mass is 9.62. The van der Waals surface area contributed by atoms with Crippen molar-refractivity contribution in [2.45, 2.75) is 183 Å². The fourth-order valence-electron chi connectivity index (χ4n) is 17.5. The summed E-state index contributed by atoms with van der Waals surface area (Å²) in [5.41, 5.74) is 9.40. The van der Waals surface area contributed by atoms with Gasteiger partial charge in [0.2, 0.25) is 0 Å². The molecule has 1 aromatic heterocycles. The Kier molecular flexibility index (Phi) is 19.5. The highest BCUT2D eigenvalue weighted by molar-refractivity contribution is 5.90. The predicted molar refractivity (Wildman–Crippen MR) is 361 cm³/mol. The van der Waals surface area contributed by atoms with E-state index in [0.29, 0.717) is 68.7 Å². The Balaban J connectivity index is 0.961. The van der Waals surface area contributed by atoms with Crippen molar-refractivity contribution in [1.29, 1.82) is 0 Å². The number of aliphatic hydroxyl groups excluding tert-OH is 3. The molecule has 7 aliphatic rings. The Bertz CT molecular complexity index is 3760. The topological polar surface area (TPSA) is 239 Å². The number of phenols is 2. The van der Waals surface area contributed by atoms with Crippen molar-refractivity contribution in [3.05, 3.63) is 141 Å². The van der Waals surface area contributed by atoms with Crippen molar-refractivity contribution >= 4 is 22.8 Å². The third kappa shape index (κ3) is 13.2. The smallest absolute Gasteiger partial charge is 0.161 e. The monoisotopic (exact) mass is 1270 g/mol. The van der Waals surface area contributed by atoms with Crippen molar-refractivity contribution in [3.8, 4) is 51.7 Å². The Hall–Kier alpha value is -6.75. The maximum Gasteiger partial charge on any atom is 0.161 e. The summed E-state index contributed by atoms with van der Waals surface area (Å²) in [6.07, 6.45) is 14.0. The molecule has 5 aromatic carbocycles. The summed E-state index contributed by atoms with van der Waals surface area (Å²) in [5, 5.41) is 83.2. The van der Waals surface area contributed by atoms with E-state index >= 15 is 0 Å². The van der Waals surface area contributed by atoms with Gasteiger partial charge in [-0.15, -0.1) is 0 Å². The minimum atomic E-state index is -1.38. The zero-order chi connectivity index (χ0) is 64.4. The number of Topliss-reactive ketones (excluding diaryl/α,β-unsaturated/α-hetero) is 1. The van der Waals surface area contributed by atoms with Gasteiger partial charge in [0, 0.05) is 97.5 Å². The number of rotatable bonds is 24. The van der Waals surface area contributed by atoms with E-state index in [1.807, 2.05) is 25.3 Å². The normalized spacial score (nSPS) is 26.6. The first-order chi connectivity index (χ1) is 45.2. The number of aromatic nitrogens is 1. The molecule has 93 heavy (non-hydrogen) atoms. The number of aliphatic hydroxyl groups is 4. The fraction of sp³-hybridized carbons (Fsp3) is 0.519. The molecule has 4 heterocycles. The standard InChI is InChI=1S/C77H95N5O11/c1-47(2)38-75(3,89)44-79-45-81-68-19-7-16-54(42-84)91-67-36-51(21-26-66(67)88)74-77(68,90-46-82-53-15-8-29-76(39-53)30-9-17-62(76)65(87)18-11-33-83)40-61-58-37-60-69(50-20-25-63-49(34-50)28-32-80-63)52(41-78-31-10-14-48-12-5-4-6-13-48)35-59-64(86)27-24-56(70(59)60)71(58)73-57(72(61)93-74)23-22-55(43-85)92-73/h4-6,12-13,20-21,24-28,32,34-36,47,53-55,60,62,68-69,74,78-86,88-89H,8-11,14-18,22-23,29-31,33,37-46H2,1-3H3/t53-,54+,55+,60-,62+,68+,69+,74-,75-,76-,77+/m1/s1. The molecule has 13 rings (SSSR count). The highest BCUT2D eigenvalue weighted by Gasteiger charge is 2.56. The number of nitrogens with one attached hydrogen (secondary N) is 5. The quantitative estimate of drug-likeness (QED) is 0.0154. The van der Waals surface area contributed by atoms with Crippen molar-refractivity contribution in [3.63, 3.8) is 0 Å². The van der Waals surface area contributed by atoms with Crippen molar-refractivity contribution < 1.29 is 54.4 Å². The molecule has 16 heteroatoms. The van der Waals surface area contributed by atoms with E-state index in [-0.39, 0.29) is 104 Å². The number of aromatic amines is 1. The van der Waals surface area contributed by atoms with E-state index in [2.05, 4.69) is 119 Å². The highest BCUT2D eigenvalue weighted by Crippen LogP contribution is 2.62. The molecule has 16 nitrogen and oxygen atoms in total. The van der Waals surface area contributed by atoms with Crippen LogP contribution < -0.4 is 35.5 Å². The molecule has 4 aliphatic carbocycles. The highest BCUT2D eigenvalue weighted by atomic mass is 16.6. The first-order valence-electron chi connectivity index (χ1n) is 34.5. The van der Waals surface area contributed by atoms with Crippen LogP contribution in [0.1, 0.15) is 167 Å². The molecule has 2 saturated carbocycles. The van der Waals surface area contributed by atoms with E-state index in [0.717, 1.165) is 120 Å². The van der Waals surface area contributed by atoms with Gasteiger partial charge in [0.05, 0.1) is 25.5 Å². The second-order valence-electron chi connectivity index (χ2n) is 28.5. The number of H-pyrrole nitrogens is 1. The third-order valence-electron chi connectivity index (χ3n) is 21.5. The van der Waals surface area contributed by atoms with Crippen molar-refractivity contribution in [1.82, 2.24) is 26.3 Å². The SMILES string of the molecule is CC(C)C[C@@](C)(O)CNCN[C@H]1C#CC[C@@H](CO)Oc2cc(ccc2O)[C@H]2Oc3c(c4c(c5c3CC[C@@H](CO)O5)-c3ccc(O)c5c3[C@H](C4)[C@@H](c3ccc4[nH]ccc4c3)C(CNCCCc3ccccc3)=C5)C[C@]12OCN[C@@H]1CCC[C@@]2(CCC[C@H]2C(=O)CCCO)C1. The zero-order valence-electron chi connectivity index (χ0n) is 54.3. The van der Waals surface area contributed by atoms with Gasteiger partial charge in [-0.2, -0.15) is 0 Å². The van der Waals surface area contributed by atoms with Crippen LogP contribution in [0.25, 0.3) is 28.1 Å². The first-order valence-corrected chi connectivity index (χ1v) is 34.5. The lowest BCUT2D eigenvalue weighted by molar-refractivity contribution is -0.145. The second-order valence-corrected chi connectivity index (χ2v) is 28.5. The number of benzene rings is 5. The molecule has 0 saturated heterocycles. The Morgan fingerprint density at radius 2 is 1.67 bits per heavy atom. The lowest BCUT2D eigenvalue weighted by Gasteiger charge is -2.50. The molecule has 11 N–H and O–H groups in total. The molecule has 2 bridgehead atoms. The summed E-state index contributed by atoms with van der Waals surface area (Å²) in [4.78, 5) is 17.3. The molecule has 0 radical (unpaired) electrons. The molecule has 494 valence electrons. The van der Waals surface area contributed by atoms with E-state index in [4.69, 9.17) is 18.9 Å². The second kappa shape index (κ2) is 27.9. The van der Waals surface area contributed by atoms with Gasteiger partial charge in [-0.3, -0.25) is 15.4 Å². The van der Waals surface area contributed by atoms with Crippen LogP contribution in [0.2, 0.25) is 0 Å². The van der Waals surface area contributed by atoms with Gasteiger partial charge in [0.15, 0.2) is 17.6 Å². The number of ether oxygens (including phenoxy) is 4. The Labute approximate surface area is 547 Å². The summed E-state index contributed by atoms with van der Waals surface area (Å²) >= 11 is 0. The molecule has 0 amide bonds. The molecule has 11 atom stereocenters. The molecule has 1 spiro atoms. The number of carbonyl (C=O) groups is 1. The maximum absolute atomic E-state index is 13.9. The Morgan fingerprint density at radius 1 is 0.849 bits per heavy atom. The summed E-state index contributed by atoms with van der Waals surface area (Å²) in [6.45, 7) is 7.55. The molecular weight excluding hydrogens is 1170 g/mol. The van der Waals surface area contributed by atoms with Crippen LogP contribution in [0.3, 0.4) is 0 Å². The number of fused-ring (bicyclic) bond motifs is 12. The van der Waals surface area contributed by atoms with Gasteiger partial charge in [-0.25, -0.2) is 0 Å². The average Bonchev–Trinajstić information content (AvgIpc) is 1.01. The van der Waals surface area contributed by atoms with Gasteiger partial charge in [-0.1, -0.05) is 87.1 Å². The third-order valence-corrected chi connectivity index (χ3v) is 21.5. The lowest BCUT2D eigenvalue weighted by Crippen LogP contribution is -2.62. The molecule has 6 aromatic rings. The number of aryl methyl sites for hydroxylation is 1. The largest absolute Gasteiger partial charge is 0.507 e. The molecule has 3 aliphatic heterocycles. The summed E-state index contributed by atoms with van der Waals surface area (Å²) in [5.74, 6) is 8.89. The molecule has 2 fully saturated rings. The fourth-order valence-corrected chi connectivity index (χ4v) is 17.5. The molecular formula is C77H95N5O11. The van der Waals surface area contributed by atoms with E-state index < -0.39 is 35.6 Å². The van der Waals surface area contributed by atoms with Crippen LogP contribution in [0, 0.1) is 29.1 Å². The van der Waals surface area contributed by atoms with E-state index in [9.17, 15) is 35.4 Å². The average molecular weight is 1270 g/mol. The number of aromatic hydroxyl groups is 2. The van der Waals surface area contributed by atoms with Gasteiger partial charge in [0.1, 0.15) is 46.9 Å². The van der Waals surface area contributed by atoms with Crippen LogP contribution in [0.5, 0.6) is 28.7 Å². The van der Waals surface area contributed by atoms with Gasteiger partial charge in [0.25, 0.3) is 0 Å². The van der Waals surface area contributed by atoms with Crippen LogP contribution in [0.15, 0.2) is 96.7 Å². The van der Waals surface area contributed by atoms with Crippen molar-refractivity contribution in [2.24, 2.45) is 17.3 Å². The van der Waals surface area contributed by atoms with Crippen LogP contribution in [-0.2, 0) is 35.2 Å². The van der Waals surface area contributed by atoms with E-state index in [1.165, 1.54) is 11.1 Å². The number of phenolic OH excluding ortho intramolecular Hbond substituents is 2. The summed E-state index contributed by atoms with van der Waals surface area (Å²) in [6, 6.07) is 27.8. The predicted octanol–water partition coefficient (Wildman–Crippen LogP) is 10.5. The molecule has 0 unspecified atom stereocenters. The number of hydrogen-bond acceptors (Lipinski definition) is 15. The summed E-state index contributed by atoms with van der Waals surface area (Å²) in [7, 11) is 0. The van der Waals surface area contributed by atoms with Gasteiger partial charge in [-0.05, 0) is 195 Å². The number of carbonyl (C=O) groups excluding carboxylic acids is 1. The Morgan fingerprint density at radius 3 is 2.48 bits per heavy atom. The van der Waals surface area contributed by atoms with E-state index in [1.54, 1.807) is 12.1 Å². The zero-order valence-corrected chi connectivity index (χ0v) is 54.3. The minimum Gasteiger partial charge on any atom is -0.507 e. The van der Waals surface area contributed by atoms with Crippen LogP contribution in [-0.4, -0.2) is 130 Å². The van der Waals surface area contributed by atoms with Crippen molar-refractivity contribution in [2.75, 3.05) is 52.9 Å². The maximum atomic E-state index is 13.9. The first kappa shape index (κ1) is 64.9. The van der Waals surface area contributed by atoms with Gasteiger partial charge < -0.3 is 65.2 Å². The number of ketones is 1. The van der Waals surface area contributed by atoms with Crippen LogP contribution >= 0.6 is 0 Å². The van der Waals surface area contributed by atoms with Crippen LogP contribution in [0.4, 0.5) is 0 Å². The van der Waals surface area contributed by atoms with Gasteiger partial charge >= 0.3 is 0 Å². The number of hydrogen-bond donors (Lipinski definition) is 11. The summed E-state index contributed by atoms with van der Waals surface area (Å²) < 4.78 is 29.3.